The lowest BCUT2D eigenvalue weighted by molar-refractivity contribution is 0.0161. The summed E-state index contributed by atoms with van der Waals surface area (Å²) < 4.78 is 11.0. The maximum Gasteiger partial charge on any atom is 0.287 e. The van der Waals surface area contributed by atoms with Gasteiger partial charge in [-0.05, 0) is 35.9 Å². The van der Waals surface area contributed by atoms with Gasteiger partial charge in [0.2, 0.25) is 0 Å². The van der Waals surface area contributed by atoms with Gasteiger partial charge in [-0.25, -0.2) is 0 Å². The summed E-state index contributed by atoms with van der Waals surface area (Å²) in [6, 6.07) is 19.8. The van der Waals surface area contributed by atoms with Gasteiger partial charge in [0.25, 0.3) is 5.91 Å². The molecule has 1 aliphatic rings. The van der Waals surface area contributed by atoms with Crippen LogP contribution in [-0.4, -0.2) is 43.7 Å². The van der Waals surface area contributed by atoms with Gasteiger partial charge in [-0.1, -0.05) is 41.9 Å². The first kappa shape index (κ1) is 22.0. The van der Waals surface area contributed by atoms with Gasteiger partial charge in [-0.15, -0.1) is 11.8 Å². The van der Waals surface area contributed by atoms with Gasteiger partial charge in [0.05, 0.1) is 25.5 Å². The molecule has 0 bridgehead atoms. The van der Waals surface area contributed by atoms with E-state index in [4.69, 9.17) is 20.8 Å². The molecule has 1 N–H and O–H groups in total. The number of benzene rings is 2. The lowest BCUT2D eigenvalue weighted by Gasteiger charge is -2.34. The molecule has 4 rings (SSSR count). The number of thioether (sulfide) groups is 1. The average molecular weight is 457 g/mol. The van der Waals surface area contributed by atoms with Crippen molar-refractivity contribution >= 4 is 29.3 Å². The molecule has 1 saturated heterocycles. The summed E-state index contributed by atoms with van der Waals surface area (Å²) >= 11 is 7.75. The summed E-state index contributed by atoms with van der Waals surface area (Å²) in [6.07, 6.45) is 1.58. The maximum atomic E-state index is 12.9. The standard InChI is InChI=1S/C24H25ClN2O3S/c25-20-8-6-18(7-9-20)22(27-11-14-29-15-12-27)16-26-24(28)23-19(10-13-30-23)17-31-21-4-2-1-3-5-21/h1-10,13,22H,11-12,14-17H2,(H,26,28). The number of morpholine rings is 1. The predicted molar refractivity (Wildman–Crippen MR) is 124 cm³/mol. The number of carbonyl (C=O) groups is 1. The van der Waals surface area contributed by atoms with Gasteiger partial charge in [0.15, 0.2) is 5.76 Å². The highest BCUT2D eigenvalue weighted by molar-refractivity contribution is 7.98. The molecule has 1 aromatic heterocycles. The number of nitrogens with one attached hydrogen (secondary N) is 1. The monoisotopic (exact) mass is 456 g/mol. The second-order valence-electron chi connectivity index (χ2n) is 7.30. The summed E-state index contributed by atoms with van der Waals surface area (Å²) in [6.45, 7) is 3.51. The molecular weight excluding hydrogens is 432 g/mol. The first-order valence-electron chi connectivity index (χ1n) is 10.3. The van der Waals surface area contributed by atoms with Crippen molar-refractivity contribution in [1.29, 1.82) is 0 Å². The van der Waals surface area contributed by atoms with E-state index in [-0.39, 0.29) is 11.9 Å². The number of amides is 1. The number of rotatable bonds is 8. The average Bonchev–Trinajstić information content (AvgIpc) is 3.29. The number of ether oxygens (including phenoxy) is 1. The number of hydrogen-bond donors (Lipinski definition) is 1. The molecule has 2 heterocycles. The van der Waals surface area contributed by atoms with E-state index in [1.165, 1.54) is 0 Å². The molecule has 1 amide bonds. The van der Waals surface area contributed by atoms with E-state index < -0.39 is 0 Å². The molecule has 0 spiro atoms. The highest BCUT2D eigenvalue weighted by Crippen LogP contribution is 2.26. The van der Waals surface area contributed by atoms with E-state index in [1.54, 1.807) is 18.0 Å². The molecule has 31 heavy (non-hydrogen) atoms. The summed E-state index contributed by atoms with van der Waals surface area (Å²) in [7, 11) is 0. The van der Waals surface area contributed by atoms with Crippen LogP contribution in [-0.2, 0) is 10.5 Å². The number of hydrogen-bond acceptors (Lipinski definition) is 5. The van der Waals surface area contributed by atoms with E-state index >= 15 is 0 Å². The van der Waals surface area contributed by atoms with Crippen LogP contribution in [0.25, 0.3) is 0 Å². The topological polar surface area (TPSA) is 54.7 Å². The molecule has 7 heteroatoms. The van der Waals surface area contributed by atoms with Gasteiger partial charge < -0.3 is 14.5 Å². The van der Waals surface area contributed by atoms with Gasteiger partial charge in [0.1, 0.15) is 0 Å². The number of carbonyl (C=O) groups excluding carboxylic acids is 1. The zero-order valence-electron chi connectivity index (χ0n) is 17.1. The lowest BCUT2D eigenvalue weighted by atomic mass is 10.0. The normalized spacial score (nSPS) is 15.5. The van der Waals surface area contributed by atoms with Gasteiger partial charge in [0, 0.05) is 40.9 Å². The molecule has 1 aliphatic heterocycles. The third kappa shape index (κ3) is 5.92. The highest BCUT2D eigenvalue weighted by Gasteiger charge is 2.24. The number of halogens is 1. The summed E-state index contributed by atoms with van der Waals surface area (Å²) in [4.78, 5) is 16.4. The smallest absolute Gasteiger partial charge is 0.287 e. The molecular formula is C24H25ClN2O3S. The maximum absolute atomic E-state index is 12.9. The first-order valence-corrected chi connectivity index (χ1v) is 11.7. The number of furan rings is 1. The van der Waals surface area contributed by atoms with Crippen LogP contribution < -0.4 is 5.32 Å². The van der Waals surface area contributed by atoms with E-state index in [9.17, 15) is 4.79 Å². The van der Waals surface area contributed by atoms with Crippen molar-refractivity contribution in [2.75, 3.05) is 32.8 Å². The Kier molecular flexibility index (Phi) is 7.70. The molecule has 0 saturated carbocycles. The van der Waals surface area contributed by atoms with Crippen LogP contribution in [0.15, 0.2) is 76.2 Å². The summed E-state index contributed by atoms with van der Waals surface area (Å²) in [5.41, 5.74) is 2.01. The fourth-order valence-electron chi connectivity index (χ4n) is 3.63. The van der Waals surface area contributed by atoms with Crippen molar-refractivity contribution in [3.05, 3.63) is 88.8 Å². The minimum atomic E-state index is -0.194. The molecule has 1 atom stereocenters. The molecule has 1 fully saturated rings. The molecule has 1 unspecified atom stereocenters. The Balaban J connectivity index is 1.42. The summed E-state index contributed by atoms with van der Waals surface area (Å²) in [5, 5.41) is 3.78. The van der Waals surface area contributed by atoms with Crippen LogP contribution >= 0.6 is 23.4 Å². The van der Waals surface area contributed by atoms with Crippen molar-refractivity contribution in [2.24, 2.45) is 0 Å². The second-order valence-corrected chi connectivity index (χ2v) is 8.79. The predicted octanol–water partition coefficient (Wildman–Crippen LogP) is 5.03. The van der Waals surface area contributed by atoms with Crippen molar-refractivity contribution in [1.82, 2.24) is 10.2 Å². The van der Waals surface area contributed by atoms with Crippen molar-refractivity contribution < 1.29 is 13.9 Å². The Morgan fingerprint density at radius 1 is 1.06 bits per heavy atom. The Morgan fingerprint density at radius 2 is 1.81 bits per heavy atom. The Labute approximate surface area is 191 Å². The largest absolute Gasteiger partial charge is 0.459 e. The third-order valence-electron chi connectivity index (χ3n) is 5.29. The van der Waals surface area contributed by atoms with Crippen LogP contribution in [0.3, 0.4) is 0 Å². The van der Waals surface area contributed by atoms with Gasteiger partial charge >= 0.3 is 0 Å². The first-order chi connectivity index (χ1) is 15.2. The Morgan fingerprint density at radius 3 is 2.55 bits per heavy atom. The number of nitrogens with zero attached hydrogens (tertiary/aromatic N) is 1. The second kappa shape index (κ2) is 10.9. The molecule has 3 aromatic rings. The highest BCUT2D eigenvalue weighted by atomic mass is 35.5. The van der Waals surface area contributed by atoms with Crippen LogP contribution in [0.4, 0.5) is 0 Å². The Hall–Kier alpha value is -2.25. The van der Waals surface area contributed by atoms with Crippen LogP contribution in [0, 0.1) is 0 Å². The minimum Gasteiger partial charge on any atom is -0.459 e. The zero-order chi connectivity index (χ0) is 21.5. The van der Waals surface area contributed by atoms with E-state index in [1.807, 2.05) is 48.5 Å². The third-order valence-corrected chi connectivity index (χ3v) is 6.60. The Bertz CT molecular complexity index is 972. The zero-order valence-corrected chi connectivity index (χ0v) is 18.7. The minimum absolute atomic E-state index is 0.0437. The molecule has 0 radical (unpaired) electrons. The van der Waals surface area contributed by atoms with Gasteiger partial charge in [-0.3, -0.25) is 9.69 Å². The van der Waals surface area contributed by atoms with Gasteiger partial charge in [-0.2, -0.15) is 0 Å². The van der Waals surface area contributed by atoms with E-state index in [0.717, 1.165) is 29.1 Å². The molecule has 0 aliphatic carbocycles. The van der Waals surface area contributed by atoms with E-state index in [2.05, 4.69) is 22.3 Å². The molecule has 5 nitrogen and oxygen atoms in total. The fourth-order valence-corrected chi connectivity index (χ4v) is 4.65. The van der Waals surface area contributed by atoms with Crippen molar-refractivity contribution in [2.45, 2.75) is 16.7 Å². The SMILES string of the molecule is O=C(NCC(c1ccc(Cl)cc1)N1CCOCC1)c1occc1CSc1ccccc1. The van der Waals surface area contributed by atoms with Crippen LogP contribution in [0.1, 0.15) is 27.7 Å². The lowest BCUT2D eigenvalue weighted by Crippen LogP contribution is -2.43. The fraction of sp³-hybridized carbons (Fsp3) is 0.292. The quantitative estimate of drug-likeness (QED) is 0.482. The van der Waals surface area contributed by atoms with Crippen molar-refractivity contribution in [3.8, 4) is 0 Å². The van der Waals surface area contributed by atoms with Crippen LogP contribution in [0.5, 0.6) is 0 Å². The molecule has 162 valence electrons. The molecule has 2 aromatic carbocycles. The van der Waals surface area contributed by atoms with E-state index in [0.29, 0.717) is 36.3 Å². The van der Waals surface area contributed by atoms with Crippen LogP contribution in [0.2, 0.25) is 5.02 Å². The summed E-state index contributed by atoms with van der Waals surface area (Å²) in [5.74, 6) is 0.856. The van der Waals surface area contributed by atoms with Crippen molar-refractivity contribution in [3.63, 3.8) is 0 Å².